The Morgan fingerprint density at radius 3 is 2.24 bits per heavy atom. The largest absolute Gasteiger partial charge is 0.355 e. The van der Waals surface area contributed by atoms with Gasteiger partial charge in [-0.05, 0) is 20.9 Å². The SMILES string of the molecule is CCNC(=O)CNC(=O)[C@H](C)NC(=O)CNC. The van der Waals surface area contributed by atoms with Crippen LogP contribution in [0.1, 0.15) is 13.8 Å². The van der Waals surface area contributed by atoms with Gasteiger partial charge < -0.3 is 21.3 Å². The van der Waals surface area contributed by atoms with E-state index in [2.05, 4.69) is 21.3 Å². The van der Waals surface area contributed by atoms with Gasteiger partial charge in [0.1, 0.15) is 6.04 Å². The minimum absolute atomic E-state index is 0.0844. The molecule has 7 nitrogen and oxygen atoms in total. The monoisotopic (exact) mass is 244 g/mol. The molecule has 4 N–H and O–H groups in total. The van der Waals surface area contributed by atoms with Crippen LogP contribution in [0.4, 0.5) is 0 Å². The van der Waals surface area contributed by atoms with Crippen LogP contribution in [0.15, 0.2) is 0 Å². The molecular formula is C10H20N4O3. The average molecular weight is 244 g/mol. The fourth-order valence-corrected chi connectivity index (χ4v) is 1.10. The van der Waals surface area contributed by atoms with Gasteiger partial charge in [-0.2, -0.15) is 0 Å². The van der Waals surface area contributed by atoms with Crippen molar-refractivity contribution in [2.24, 2.45) is 0 Å². The number of amides is 3. The minimum atomic E-state index is -0.662. The second-order valence-electron chi connectivity index (χ2n) is 3.49. The van der Waals surface area contributed by atoms with Gasteiger partial charge in [0.25, 0.3) is 0 Å². The molecule has 3 amide bonds. The molecule has 1 atom stereocenters. The van der Waals surface area contributed by atoms with Crippen LogP contribution in [0.5, 0.6) is 0 Å². The van der Waals surface area contributed by atoms with E-state index < -0.39 is 6.04 Å². The zero-order valence-electron chi connectivity index (χ0n) is 10.4. The molecule has 17 heavy (non-hydrogen) atoms. The van der Waals surface area contributed by atoms with Crippen LogP contribution < -0.4 is 21.3 Å². The molecule has 0 aliphatic carbocycles. The van der Waals surface area contributed by atoms with Gasteiger partial charge in [0.2, 0.25) is 17.7 Å². The van der Waals surface area contributed by atoms with Crippen LogP contribution in [0.3, 0.4) is 0 Å². The Morgan fingerprint density at radius 1 is 1.06 bits per heavy atom. The third-order valence-electron chi connectivity index (χ3n) is 1.91. The Bertz CT molecular complexity index is 281. The molecule has 0 aromatic heterocycles. The van der Waals surface area contributed by atoms with Crippen LogP contribution in [-0.2, 0) is 14.4 Å². The molecule has 0 aliphatic heterocycles. The van der Waals surface area contributed by atoms with E-state index in [0.29, 0.717) is 6.54 Å². The van der Waals surface area contributed by atoms with Gasteiger partial charge in [-0.25, -0.2) is 0 Å². The van der Waals surface area contributed by atoms with Gasteiger partial charge in [0.15, 0.2) is 0 Å². The molecule has 98 valence electrons. The Kier molecular flexibility index (Phi) is 7.70. The van der Waals surface area contributed by atoms with Gasteiger partial charge in [-0.15, -0.1) is 0 Å². The summed E-state index contributed by atoms with van der Waals surface area (Å²) in [4.78, 5) is 33.7. The number of rotatable bonds is 7. The van der Waals surface area contributed by atoms with Crippen LogP contribution in [0.25, 0.3) is 0 Å². The van der Waals surface area contributed by atoms with E-state index in [9.17, 15) is 14.4 Å². The second-order valence-corrected chi connectivity index (χ2v) is 3.49. The highest BCUT2D eigenvalue weighted by molar-refractivity contribution is 5.90. The highest BCUT2D eigenvalue weighted by Gasteiger charge is 2.15. The van der Waals surface area contributed by atoms with Crippen molar-refractivity contribution in [2.75, 3.05) is 26.7 Å². The number of nitrogens with one attached hydrogen (secondary N) is 4. The summed E-state index contributed by atoms with van der Waals surface area (Å²) in [6.07, 6.45) is 0. The van der Waals surface area contributed by atoms with Crippen molar-refractivity contribution in [3.63, 3.8) is 0 Å². The summed E-state index contributed by atoms with van der Waals surface area (Å²) in [6.45, 7) is 3.93. The van der Waals surface area contributed by atoms with Gasteiger partial charge in [0, 0.05) is 6.54 Å². The lowest BCUT2D eigenvalue weighted by Crippen LogP contribution is -2.49. The molecule has 0 rings (SSSR count). The van der Waals surface area contributed by atoms with Crippen molar-refractivity contribution < 1.29 is 14.4 Å². The summed E-state index contributed by atoms with van der Waals surface area (Å²) in [5, 5.41) is 10.1. The van der Waals surface area contributed by atoms with Gasteiger partial charge in [-0.3, -0.25) is 14.4 Å². The van der Waals surface area contributed by atoms with Crippen molar-refractivity contribution in [2.45, 2.75) is 19.9 Å². The number of likely N-dealkylation sites (N-methyl/N-ethyl adjacent to an activating group) is 2. The second kappa shape index (κ2) is 8.51. The summed E-state index contributed by atoms with van der Waals surface area (Å²) in [5.74, 6) is -0.913. The summed E-state index contributed by atoms with van der Waals surface area (Å²) in [5.41, 5.74) is 0. The first kappa shape index (κ1) is 15.4. The van der Waals surface area contributed by atoms with Crippen LogP contribution in [0.2, 0.25) is 0 Å². The van der Waals surface area contributed by atoms with E-state index in [-0.39, 0.29) is 30.8 Å². The highest BCUT2D eigenvalue weighted by Crippen LogP contribution is 1.81. The third kappa shape index (κ3) is 7.29. The third-order valence-corrected chi connectivity index (χ3v) is 1.91. The zero-order valence-corrected chi connectivity index (χ0v) is 10.4. The predicted octanol–water partition coefficient (Wildman–Crippen LogP) is -2.04. The lowest BCUT2D eigenvalue weighted by Gasteiger charge is -2.13. The topological polar surface area (TPSA) is 99.3 Å². The summed E-state index contributed by atoms with van der Waals surface area (Å²) >= 11 is 0. The maximum absolute atomic E-state index is 11.5. The molecular weight excluding hydrogens is 224 g/mol. The molecule has 0 heterocycles. The molecule has 0 saturated heterocycles. The smallest absolute Gasteiger partial charge is 0.242 e. The summed E-state index contributed by atoms with van der Waals surface area (Å²) in [7, 11) is 1.64. The predicted molar refractivity (Wildman–Crippen MR) is 63.2 cm³/mol. The Labute approximate surface area is 101 Å². The molecule has 0 aromatic rings. The van der Waals surface area contributed by atoms with Crippen LogP contribution in [-0.4, -0.2) is 50.4 Å². The first-order valence-electron chi connectivity index (χ1n) is 5.49. The molecule has 0 radical (unpaired) electrons. The lowest BCUT2D eigenvalue weighted by atomic mass is 10.3. The molecule has 7 heteroatoms. The maximum atomic E-state index is 11.5. The number of hydrogen-bond donors (Lipinski definition) is 4. The molecule has 0 bridgehead atoms. The van der Waals surface area contributed by atoms with Crippen LogP contribution >= 0.6 is 0 Å². The fourth-order valence-electron chi connectivity index (χ4n) is 1.10. The quantitative estimate of drug-likeness (QED) is 0.415. The number of carbonyl (C=O) groups excluding carboxylic acids is 3. The lowest BCUT2D eigenvalue weighted by molar-refractivity contribution is -0.129. The standard InChI is InChI=1S/C10H20N4O3/c1-4-12-8(15)6-13-10(17)7(2)14-9(16)5-11-3/h7,11H,4-6H2,1-3H3,(H,12,15)(H,13,17)(H,14,16)/t7-/m0/s1. The van der Waals surface area contributed by atoms with Gasteiger partial charge in [0.05, 0.1) is 13.1 Å². The number of carbonyl (C=O) groups is 3. The molecule has 0 unspecified atom stereocenters. The molecule has 0 aliphatic rings. The van der Waals surface area contributed by atoms with E-state index in [1.165, 1.54) is 0 Å². The van der Waals surface area contributed by atoms with Crippen molar-refractivity contribution in [3.05, 3.63) is 0 Å². The first-order valence-corrected chi connectivity index (χ1v) is 5.49. The number of hydrogen-bond acceptors (Lipinski definition) is 4. The normalized spacial score (nSPS) is 11.5. The van der Waals surface area contributed by atoms with Crippen molar-refractivity contribution in [1.29, 1.82) is 0 Å². The maximum Gasteiger partial charge on any atom is 0.242 e. The zero-order chi connectivity index (χ0) is 13.3. The van der Waals surface area contributed by atoms with E-state index in [0.717, 1.165) is 0 Å². The minimum Gasteiger partial charge on any atom is -0.355 e. The van der Waals surface area contributed by atoms with Gasteiger partial charge in [-0.1, -0.05) is 0 Å². The Hall–Kier alpha value is -1.63. The van der Waals surface area contributed by atoms with Crippen molar-refractivity contribution in [3.8, 4) is 0 Å². The Balaban J connectivity index is 3.89. The van der Waals surface area contributed by atoms with E-state index in [4.69, 9.17) is 0 Å². The average Bonchev–Trinajstić information content (AvgIpc) is 2.26. The fraction of sp³-hybridized carbons (Fsp3) is 0.700. The molecule has 0 aromatic carbocycles. The van der Waals surface area contributed by atoms with Crippen molar-refractivity contribution >= 4 is 17.7 Å². The molecule has 0 spiro atoms. The van der Waals surface area contributed by atoms with E-state index in [1.807, 2.05) is 0 Å². The summed E-state index contributed by atoms with van der Waals surface area (Å²) in [6, 6.07) is -0.662. The van der Waals surface area contributed by atoms with Gasteiger partial charge >= 0.3 is 0 Å². The van der Waals surface area contributed by atoms with E-state index >= 15 is 0 Å². The molecule has 0 saturated carbocycles. The van der Waals surface area contributed by atoms with Crippen LogP contribution in [0, 0.1) is 0 Å². The van der Waals surface area contributed by atoms with Crippen molar-refractivity contribution in [1.82, 2.24) is 21.3 Å². The summed E-state index contributed by atoms with van der Waals surface area (Å²) < 4.78 is 0. The first-order chi connectivity index (χ1) is 8.01. The Morgan fingerprint density at radius 2 is 1.71 bits per heavy atom. The molecule has 0 fully saturated rings. The highest BCUT2D eigenvalue weighted by atomic mass is 16.2. The van der Waals surface area contributed by atoms with E-state index in [1.54, 1.807) is 20.9 Å².